The summed E-state index contributed by atoms with van der Waals surface area (Å²) in [5.74, 6) is 0.454. The van der Waals surface area contributed by atoms with Gasteiger partial charge in [-0.2, -0.15) is 0 Å². The topological polar surface area (TPSA) is 48.6 Å². The van der Waals surface area contributed by atoms with E-state index in [2.05, 4.69) is 0 Å². The Bertz CT molecular complexity index is 60.5. The van der Waals surface area contributed by atoms with Crippen LogP contribution in [0.25, 0.3) is 0 Å². The van der Waals surface area contributed by atoms with Crippen LogP contribution >= 0.6 is 0 Å². The van der Waals surface area contributed by atoms with Crippen LogP contribution in [-0.4, -0.2) is 11.3 Å². The molecule has 2 heteroatoms. The Kier molecular flexibility index (Phi) is 2.60. The van der Waals surface area contributed by atoms with Crippen LogP contribution in [0.15, 0.2) is 0 Å². The molecule has 0 aromatic carbocycles. The molecule has 0 aromatic heterocycles. The van der Waals surface area contributed by atoms with Crippen LogP contribution in [0.5, 0.6) is 0 Å². The first kappa shape index (κ1) is 6.63. The van der Waals surface area contributed by atoms with Crippen LogP contribution in [0.4, 0.5) is 0 Å². The number of rotatable bonds is 0. The zero-order valence-corrected chi connectivity index (χ0v) is 4.24. The van der Waals surface area contributed by atoms with Gasteiger partial charge in [0.05, 0.1) is 0 Å². The summed E-state index contributed by atoms with van der Waals surface area (Å²) in [7, 11) is 0. The zero-order valence-electron chi connectivity index (χ0n) is 4.24. The third-order valence-electron chi connectivity index (χ3n) is 1.16. The minimum absolute atomic E-state index is 0. The molecule has 0 unspecified atom stereocenters. The Balaban J connectivity index is 0.000000360. The van der Waals surface area contributed by atoms with Crippen molar-refractivity contribution in [3.8, 4) is 0 Å². The number of carbonyl (C=O) groups is 1. The first-order valence-corrected chi connectivity index (χ1v) is 2.41. The lowest BCUT2D eigenvalue weighted by Gasteiger charge is -1.71. The molecule has 0 heterocycles. The second-order valence-corrected chi connectivity index (χ2v) is 1.75. The molecule has 42 valence electrons. The van der Waals surface area contributed by atoms with Gasteiger partial charge in [-0.3, -0.25) is 4.79 Å². The second kappa shape index (κ2) is 2.75. The maximum atomic E-state index is 10.2. The highest BCUT2D eigenvalue weighted by Gasteiger charge is 2.07. The molecule has 2 N–H and O–H groups in total. The minimum atomic E-state index is 0. The first-order chi connectivity index (χ1) is 2.89. The van der Waals surface area contributed by atoms with Crippen molar-refractivity contribution in [1.29, 1.82) is 0 Å². The predicted molar refractivity (Wildman–Crippen MR) is 27.1 cm³/mol. The summed E-state index contributed by atoms with van der Waals surface area (Å²) >= 11 is 0. The Labute approximate surface area is 42.8 Å². The number of hydrogen-bond acceptors (Lipinski definition) is 1. The first-order valence-electron chi connectivity index (χ1n) is 2.41. The van der Waals surface area contributed by atoms with Gasteiger partial charge >= 0.3 is 0 Å². The summed E-state index contributed by atoms with van der Waals surface area (Å²) in [5, 5.41) is 0. The number of carbonyl (C=O) groups excluding carboxylic acids is 1. The average molecular weight is 102 g/mol. The van der Waals surface area contributed by atoms with Crippen molar-refractivity contribution in [2.45, 2.75) is 25.7 Å². The highest BCUT2D eigenvalue weighted by Crippen LogP contribution is 2.11. The molecule has 0 radical (unpaired) electrons. The van der Waals surface area contributed by atoms with Gasteiger partial charge in [0.25, 0.3) is 0 Å². The average Bonchev–Trinajstić information content (AvgIpc) is 1.86. The van der Waals surface area contributed by atoms with Gasteiger partial charge in [0, 0.05) is 12.8 Å². The van der Waals surface area contributed by atoms with Crippen molar-refractivity contribution in [2.24, 2.45) is 0 Å². The summed E-state index contributed by atoms with van der Waals surface area (Å²) < 4.78 is 0. The van der Waals surface area contributed by atoms with E-state index < -0.39 is 0 Å². The van der Waals surface area contributed by atoms with Crippen molar-refractivity contribution in [2.75, 3.05) is 0 Å². The zero-order chi connectivity index (χ0) is 4.41. The van der Waals surface area contributed by atoms with Gasteiger partial charge in [-0.15, -0.1) is 0 Å². The van der Waals surface area contributed by atoms with Gasteiger partial charge in [0.15, 0.2) is 0 Å². The molecule has 7 heavy (non-hydrogen) atoms. The van der Waals surface area contributed by atoms with Gasteiger partial charge in [0.2, 0.25) is 0 Å². The molecule has 1 aliphatic rings. The van der Waals surface area contributed by atoms with Gasteiger partial charge in [-0.05, 0) is 12.8 Å². The van der Waals surface area contributed by atoms with Gasteiger partial charge < -0.3 is 5.48 Å². The molecule has 0 saturated heterocycles. The van der Waals surface area contributed by atoms with Crippen LogP contribution in [0, 0.1) is 0 Å². The van der Waals surface area contributed by atoms with Crippen molar-refractivity contribution in [3.05, 3.63) is 0 Å². The minimum Gasteiger partial charge on any atom is -0.412 e. The summed E-state index contributed by atoms with van der Waals surface area (Å²) in [4.78, 5) is 10.2. The summed E-state index contributed by atoms with van der Waals surface area (Å²) in [6, 6.07) is 0. The van der Waals surface area contributed by atoms with E-state index in [-0.39, 0.29) is 5.48 Å². The van der Waals surface area contributed by atoms with Crippen LogP contribution in [0.3, 0.4) is 0 Å². The van der Waals surface area contributed by atoms with E-state index in [4.69, 9.17) is 0 Å². The smallest absolute Gasteiger partial charge is 0.132 e. The van der Waals surface area contributed by atoms with Gasteiger partial charge in [-0.25, -0.2) is 0 Å². The standard InChI is InChI=1S/C5H8O.H2O/c6-5-3-1-2-4-5;/h1-4H2;1H2. The number of ketones is 1. The fourth-order valence-electron chi connectivity index (χ4n) is 0.769. The lowest BCUT2D eigenvalue weighted by atomic mass is 10.4. The van der Waals surface area contributed by atoms with Crippen LogP contribution in [-0.2, 0) is 4.79 Å². The van der Waals surface area contributed by atoms with Crippen LogP contribution < -0.4 is 0 Å². The highest BCUT2D eigenvalue weighted by atomic mass is 16.1. The number of hydrogen-bond donors (Lipinski definition) is 0. The highest BCUT2D eigenvalue weighted by molar-refractivity contribution is 5.79. The maximum Gasteiger partial charge on any atom is 0.132 e. The van der Waals surface area contributed by atoms with E-state index in [1.165, 1.54) is 0 Å². The Morgan fingerprint density at radius 2 is 1.57 bits per heavy atom. The third-order valence-corrected chi connectivity index (χ3v) is 1.16. The molecule has 2 nitrogen and oxygen atoms in total. The van der Waals surface area contributed by atoms with E-state index in [1.54, 1.807) is 0 Å². The third kappa shape index (κ3) is 1.69. The van der Waals surface area contributed by atoms with Crippen molar-refractivity contribution in [1.82, 2.24) is 0 Å². The van der Waals surface area contributed by atoms with E-state index in [0.717, 1.165) is 25.7 Å². The lowest BCUT2D eigenvalue weighted by molar-refractivity contribution is -0.117. The molecule has 1 fully saturated rings. The van der Waals surface area contributed by atoms with Crippen molar-refractivity contribution < 1.29 is 10.3 Å². The molecular weight excluding hydrogens is 92.1 g/mol. The Hall–Kier alpha value is -0.370. The van der Waals surface area contributed by atoms with Gasteiger partial charge in [-0.1, -0.05) is 0 Å². The molecule has 0 spiro atoms. The summed E-state index contributed by atoms with van der Waals surface area (Å²) in [5.41, 5.74) is 0. The monoisotopic (exact) mass is 102 g/mol. The molecule has 1 rings (SSSR count). The molecule has 0 atom stereocenters. The van der Waals surface area contributed by atoms with Crippen molar-refractivity contribution >= 4 is 5.78 Å². The molecule has 0 aliphatic heterocycles. The SMILES string of the molecule is O.O=C1CCCC1. The summed E-state index contributed by atoms with van der Waals surface area (Å²) in [6.45, 7) is 0. The Morgan fingerprint density at radius 1 is 1.14 bits per heavy atom. The normalized spacial score (nSPS) is 19.1. The molecular formula is C5H10O2. The summed E-state index contributed by atoms with van der Waals surface area (Å²) in [6.07, 6.45) is 3.97. The molecule has 0 bridgehead atoms. The van der Waals surface area contributed by atoms with Crippen LogP contribution in [0.1, 0.15) is 25.7 Å². The van der Waals surface area contributed by atoms with E-state index in [0.29, 0.717) is 5.78 Å². The molecule has 0 aromatic rings. The predicted octanol–water partition coefficient (Wildman–Crippen LogP) is 0.305. The number of Topliss-reactive ketones (excluding diaryl/α,β-unsaturated/α-hetero) is 1. The maximum absolute atomic E-state index is 10.2. The molecule has 0 amide bonds. The lowest BCUT2D eigenvalue weighted by Crippen LogP contribution is -1.81. The molecule has 1 aliphatic carbocycles. The van der Waals surface area contributed by atoms with E-state index in [1.807, 2.05) is 0 Å². The van der Waals surface area contributed by atoms with Crippen molar-refractivity contribution in [3.63, 3.8) is 0 Å². The largest absolute Gasteiger partial charge is 0.412 e. The quantitative estimate of drug-likeness (QED) is 0.434. The Morgan fingerprint density at radius 3 is 1.71 bits per heavy atom. The van der Waals surface area contributed by atoms with E-state index >= 15 is 0 Å². The van der Waals surface area contributed by atoms with Crippen LogP contribution in [0.2, 0.25) is 0 Å². The fraction of sp³-hybridized carbons (Fsp3) is 0.800. The van der Waals surface area contributed by atoms with E-state index in [9.17, 15) is 4.79 Å². The van der Waals surface area contributed by atoms with Gasteiger partial charge in [0.1, 0.15) is 5.78 Å². The fourth-order valence-corrected chi connectivity index (χ4v) is 0.769. The second-order valence-electron chi connectivity index (χ2n) is 1.75. The molecule has 1 saturated carbocycles.